The molecule has 40 heavy (non-hydrogen) atoms. The standard InChI is InChI=1S/C31H39N3O5S/c1-4-21-32-31(36)29(5-2)33(22-20-25-12-8-6-9-13-25)30(35)23-34(40(3,37)38)27-16-18-28(19-17-27)39-24-26-14-10-7-11-15-26/h6-19,29H,4-5,20-24H2,1-3H3,(H,32,36)/t29-/m1/s1. The Balaban J connectivity index is 1.80. The van der Waals surface area contributed by atoms with E-state index in [1.807, 2.05) is 74.5 Å². The fourth-order valence-corrected chi connectivity index (χ4v) is 5.17. The molecule has 214 valence electrons. The average Bonchev–Trinajstić information content (AvgIpc) is 2.96. The SMILES string of the molecule is CCCNC(=O)[C@@H](CC)N(CCc1ccccc1)C(=O)CN(c1ccc(OCc2ccccc2)cc1)S(C)(=O)=O. The monoisotopic (exact) mass is 565 g/mol. The maximum Gasteiger partial charge on any atom is 0.244 e. The van der Waals surface area contributed by atoms with E-state index in [4.69, 9.17) is 4.74 Å². The van der Waals surface area contributed by atoms with E-state index < -0.39 is 28.5 Å². The highest BCUT2D eigenvalue weighted by Crippen LogP contribution is 2.23. The third-order valence-corrected chi connectivity index (χ3v) is 7.61. The normalized spacial score (nSPS) is 11.9. The minimum absolute atomic E-state index is 0.239. The summed E-state index contributed by atoms with van der Waals surface area (Å²) < 4.78 is 32.5. The van der Waals surface area contributed by atoms with Crippen LogP contribution in [0.25, 0.3) is 0 Å². The molecule has 8 nitrogen and oxygen atoms in total. The van der Waals surface area contributed by atoms with Crippen LogP contribution in [-0.4, -0.2) is 57.1 Å². The maximum atomic E-state index is 13.7. The van der Waals surface area contributed by atoms with Crippen LogP contribution in [0.15, 0.2) is 84.9 Å². The molecular formula is C31H39N3O5S. The summed E-state index contributed by atoms with van der Waals surface area (Å²) in [6.45, 7) is 4.55. The first kappa shape index (κ1) is 30.7. The summed E-state index contributed by atoms with van der Waals surface area (Å²) in [6, 6.07) is 25.3. The number of hydrogen-bond acceptors (Lipinski definition) is 5. The van der Waals surface area contributed by atoms with Crippen LogP contribution >= 0.6 is 0 Å². The van der Waals surface area contributed by atoms with Crippen molar-refractivity contribution in [2.75, 3.05) is 30.2 Å². The van der Waals surface area contributed by atoms with Gasteiger partial charge in [0, 0.05) is 13.1 Å². The lowest BCUT2D eigenvalue weighted by Gasteiger charge is -2.32. The molecule has 0 heterocycles. The predicted molar refractivity (Wildman–Crippen MR) is 159 cm³/mol. The summed E-state index contributed by atoms with van der Waals surface area (Å²) in [5.41, 5.74) is 2.38. The van der Waals surface area contributed by atoms with Crippen molar-refractivity contribution >= 4 is 27.5 Å². The Kier molecular flexibility index (Phi) is 11.6. The number of carbonyl (C=O) groups excluding carboxylic acids is 2. The first-order valence-electron chi connectivity index (χ1n) is 13.6. The fraction of sp³-hybridized carbons (Fsp3) is 0.355. The Morgan fingerprint density at radius 1 is 0.875 bits per heavy atom. The molecule has 0 aliphatic rings. The number of ether oxygens (including phenoxy) is 1. The number of sulfonamides is 1. The van der Waals surface area contributed by atoms with Gasteiger partial charge in [-0.25, -0.2) is 8.42 Å². The van der Waals surface area contributed by atoms with Gasteiger partial charge >= 0.3 is 0 Å². The van der Waals surface area contributed by atoms with Crippen LogP contribution in [0.1, 0.15) is 37.8 Å². The van der Waals surface area contributed by atoms with E-state index in [1.165, 1.54) is 4.90 Å². The molecule has 0 aliphatic heterocycles. The van der Waals surface area contributed by atoms with Crippen LogP contribution < -0.4 is 14.4 Å². The quantitative estimate of drug-likeness (QED) is 0.295. The predicted octanol–water partition coefficient (Wildman–Crippen LogP) is 4.41. The highest BCUT2D eigenvalue weighted by molar-refractivity contribution is 7.92. The number of nitrogens with one attached hydrogen (secondary N) is 1. The van der Waals surface area contributed by atoms with Crippen molar-refractivity contribution < 1.29 is 22.7 Å². The van der Waals surface area contributed by atoms with E-state index in [0.717, 1.165) is 28.1 Å². The Hall–Kier alpha value is -3.85. The van der Waals surface area contributed by atoms with E-state index in [0.29, 0.717) is 37.4 Å². The van der Waals surface area contributed by atoms with Crippen molar-refractivity contribution in [2.24, 2.45) is 0 Å². The number of nitrogens with zero attached hydrogens (tertiary/aromatic N) is 2. The van der Waals surface area contributed by atoms with Gasteiger partial charge in [-0.05, 0) is 54.7 Å². The van der Waals surface area contributed by atoms with Gasteiger partial charge in [0.1, 0.15) is 24.9 Å². The van der Waals surface area contributed by atoms with Gasteiger partial charge in [-0.3, -0.25) is 13.9 Å². The zero-order valence-electron chi connectivity index (χ0n) is 23.5. The molecule has 0 aliphatic carbocycles. The van der Waals surface area contributed by atoms with Crippen LogP contribution in [-0.2, 0) is 32.6 Å². The fourth-order valence-electron chi connectivity index (χ4n) is 4.33. The van der Waals surface area contributed by atoms with Gasteiger partial charge in [0.15, 0.2) is 0 Å². The van der Waals surface area contributed by atoms with Crippen LogP contribution in [0.5, 0.6) is 5.75 Å². The largest absolute Gasteiger partial charge is 0.489 e. The lowest BCUT2D eigenvalue weighted by molar-refractivity contribution is -0.139. The maximum absolute atomic E-state index is 13.7. The number of rotatable bonds is 15. The molecule has 3 rings (SSSR count). The van der Waals surface area contributed by atoms with Gasteiger partial charge in [0.05, 0.1) is 11.9 Å². The van der Waals surface area contributed by atoms with E-state index >= 15 is 0 Å². The summed E-state index contributed by atoms with van der Waals surface area (Å²) in [4.78, 5) is 28.2. The molecule has 0 bridgehead atoms. The topological polar surface area (TPSA) is 96.0 Å². The Morgan fingerprint density at radius 3 is 2.02 bits per heavy atom. The van der Waals surface area contributed by atoms with E-state index in [2.05, 4.69) is 5.32 Å². The third kappa shape index (κ3) is 9.12. The molecule has 0 saturated heterocycles. The van der Waals surface area contributed by atoms with Crippen molar-refractivity contribution in [1.29, 1.82) is 0 Å². The minimum Gasteiger partial charge on any atom is -0.489 e. The lowest BCUT2D eigenvalue weighted by Crippen LogP contribution is -2.53. The van der Waals surface area contributed by atoms with Gasteiger partial charge in [-0.2, -0.15) is 0 Å². The molecular weight excluding hydrogens is 526 g/mol. The molecule has 0 fully saturated rings. The molecule has 3 aromatic rings. The van der Waals surface area contributed by atoms with Crippen LogP contribution in [0.3, 0.4) is 0 Å². The molecule has 3 aromatic carbocycles. The van der Waals surface area contributed by atoms with Crippen LogP contribution in [0.2, 0.25) is 0 Å². The molecule has 0 saturated carbocycles. The second-order valence-corrected chi connectivity index (χ2v) is 11.5. The number of carbonyl (C=O) groups is 2. The van der Waals surface area contributed by atoms with Gasteiger partial charge in [-0.15, -0.1) is 0 Å². The van der Waals surface area contributed by atoms with Gasteiger partial charge < -0.3 is 15.0 Å². The Bertz CT molecular complexity index is 1320. The Morgan fingerprint density at radius 2 is 1.48 bits per heavy atom. The molecule has 9 heteroatoms. The summed E-state index contributed by atoms with van der Waals surface area (Å²) in [7, 11) is -3.80. The zero-order chi connectivity index (χ0) is 29.0. The molecule has 1 N–H and O–H groups in total. The molecule has 0 aromatic heterocycles. The molecule has 0 unspecified atom stereocenters. The van der Waals surface area contributed by atoms with Crippen molar-refractivity contribution in [3.63, 3.8) is 0 Å². The summed E-state index contributed by atoms with van der Waals surface area (Å²) in [6.07, 6.45) is 2.78. The van der Waals surface area contributed by atoms with Crippen LogP contribution in [0, 0.1) is 0 Å². The van der Waals surface area contributed by atoms with Crippen molar-refractivity contribution in [3.05, 3.63) is 96.1 Å². The number of hydrogen-bond donors (Lipinski definition) is 1. The molecule has 2 amide bonds. The van der Waals surface area contributed by atoms with Gasteiger partial charge in [0.2, 0.25) is 21.8 Å². The van der Waals surface area contributed by atoms with Crippen molar-refractivity contribution in [1.82, 2.24) is 10.2 Å². The number of amides is 2. The zero-order valence-corrected chi connectivity index (χ0v) is 24.3. The van der Waals surface area contributed by atoms with Crippen LogP contribution in [0.4, 0.5) is 5.69 Å². The van der Waals surface area contributed by atoms with Gasteiger partial charge in [-0.1, -0.05) is 74.5 Å². The van der Waals surface area contributed by atoms with E-state index in [-0.39, 0.29) is 12.5 Å². The molecule has 0 radical (unpaired) electrons. The Labute approximate surface area is 238 Å². The van der Waals surface area contributed by atoms with E-state index in [9.17, 15) is 18.0 Å². The highest BCUT2D eigenvalue weighted by Gasteiger charge is 2.31. The van der Waals surface area contributed by atoms with E-state index in [1.54, 1.807) is 24.3 Å². The minimum atomic E-state index is -3.80. The summed E-state index contributed by atoms with van der Waals surface area (Å²) >= 11 is 0. The first-order chi connectivity index (χ1) is 19.2. The summed E-state index contributed by atoms with van der Waals surface area (Å²) in [5.74, 6) is -0.101. The van der Waals surface area contributed by atoms with Crippen molar-refractivity contribution in [2.45, 2.75) is 45.8 Å². The third-order valence-electron chi connectivity index (χ3n) is 6.47. The van der Waals surface area contributed by atoms with Crippen molar-refractivity contribution in [3.8, 4) is 5.75 Å². The number of anilines is 1. The first-order valence-corrected chi connectivity index (χ1v) is 15.4. The highest BCUT2D eigenvalue weighted by atomic mass is 32.2. The van der Waals surface area contributed by atoms with Gasteiger partial charge in [0.25, 0.3) is 0 Å². The average molecular weight is 566 g/mol. The lowest BCUT2D eigenvalue weighted by atomic mass is 10.1. The second kappa shape index (κ2) is 15.1. The number of benzene rings is 3. The smallest absolute Gasteiger partial charge is 0.244 e. The second-order valence-electron chi connectivity index (χ2n) is 9.58. The molecule has 0 spiro atoms. The summed E-state index contributed by atoms with van der Waals surface area (Å²) in [5, 5.41) is 2.88. The molecule has 1 atom stereocenters.